The largest absolute Gasteiger partial charge is 0.368 e. The molecule has 3 unspecified atom stereocenters. The van der Waals surface area contributed by atoms with Crippen molar-refractivity contribution in [2.75, 3.05) is 11.4 Å². The molecule has 1 saturated carbocycles. The summed E-state index contributed by atoms with van der Waals surface area (Å²) in [6, 6.07) is 4.28. The van der Waals surface area contributed by atoms with Gasteiger partial charge in [-0.25, -0.2) is 4.98 Å². The van der Waals surface area contributed by atoms with Crippen molar-refractivity contribution in [2.24, 2.45) is 11.8 Å². The van der Waals surface area contributed by atoms with Gasteiger partial charge in [-0.2, -0.15) is 0 Å². The first-order chi connectivity index (χ1) is 10.6. The summed E-state index contributed by atoms with van der Waals surface area (Å²) in [5.74, 6) is 2.13. The predicted molar refractivity (Wildman–Crippen MR) is 81.9 cm³/mol. The van der Waals surface area contributed by atoms with Crippen molar-refractivity contribution < 1.29 is 4.92 Å². The second kappa shape index (κ2) is 4.93. The molecule has 0 aromatic carbocycles. The summed E-state index contributed by atoms with van der Waals surface area (Å²) in [4.78, 5) is 17.0. The number of nitro groups is 1. The van der Waals surface area contributed by atoms with Gasteiger partial charge in [-0.05, 0) is 35.7 Å². The second-order valence-electron chi connectivity index (χ2n) is 6.48. The van der Waals surface area contributed by atoms with Crippen LogP contribution < -0.4 is 4.90 Å². The van der Waals surface area contributed by atoms with Crippen LogP contribution >= 0.6 is 0 Å². The fraction of sp³-hybridized carbons (Fsp3) is 0.600. The van der Waals surface area contributed by atoms with Crippen LogP contribution in [0, 0.1) is 22.0 Å². The number of hydrogen-bond donors (Lipinski definition) is 0. The van der Waals surface area contributed by atoms with Crippen molar-refractivity contribution in [2.45, 2.75) is 38.6 Å². The lowest BCUT2D eigenvalue weighted by molar-refractivity contribution is -0.391. The van der Waals surface area contributed by atoms with Crippen molar-refractivity contribution in [1.82, 2.24) is 14.6 Å². The van der Waals surface area contributed by atoms with E-state index in [0.717, 1.165) is 18.3 Å². The number of fused-ring (bicyclic) bond motifs is 2. The fourth-order valence-corrected chi connectivity index (χ4v) is 4.16. The molecule has 116 valence electrons. The van der Waals surface area contributed by atoms with Crippen LogP contribution in [-0.4, -0.2) is 32.1 Å². The third kappa shape index (κ3) is 1.95. The van der Waals surface area contributed by atoms with E-state index in [0.29, 0.717) is 17.6 Å². The van der Waals surface area contributed by atoms with E-state index in [2.05, 4.69) is 21.9 Å². The van der Waals surface area contributed by atoms with Crippen LogP contribution in [0.4, 0.5) is 11.6 Å². The van der Waals surface area contributed by atoms with Crippen LogP contribution in [0.15, 0.2) is 18.3 Å². The Morgan fingerprint density at radius 2 is 2.14 bits per heavy atom. The van der Waals surface area contributed by atoms with E-state index in [1.165, 1.54) is 36.4 Å². The lowest BCUT2D eigenvalue weighted by Crippen LogP contribution is -2.35. The number of imidazole rings is 1. The van der Waals surface area contributed by atoms with Crippen LogP contribution in [0.2, 0.25) is 0 Å². The van der Waals surface area contributed by atoms with Crippen molar-refractivity contribution in [3.63, 3.8) is 0 Å². The Morgan fingerprint density at radius 3 is 2.95 bits per heavy atom. The number of anilines is 1. The Labute approximate surface area is 128 Å². The highest BCUT2D eigenvalue weighted by Crippen LogP contribution is 2.41. The predicted octanol–water partition coefficient (Wildman–Crippen LogP) is 2.65. The molecule has 7 nitrogen and oxygen atoms in total. The molecule has 0 spiro atoms. The molecule has 1 saturated heterocycles. The Bertz CT molecular complexity index is 728. The van der Waals surface area contributed by atoms with Crippen LogP contribution in [0.1, 0.15) is 32.6 Å². The van der Waals surface area contributed by atoms with Crippen molar-refractivity contribution in [3.8, 4) is 0 Å². The second-order valence-corrected chi connectivity index (χ2v) is 6.48. The molecular formula is C15H19N5O2. The maximum atomic E-state index is 11.1. The molecule has 2 aliphatic rings. The average molecular weight is 301 g/mol. The maximum absolute atomic E-state index is 11.1. The molecule has 1 aliphatic heterocycles. The molecule has 1 aliphatic carbocycles. The molecule has 0 bridgehead atoms. The topological polar surface area (TPSA) is 76.6 Å². The van der Waals surface area contributed by atoms with Gasteiger partial charge in [-0.1, -0.05) is 29.4 Å². The summed E-state index contributed by atoms with van der Waals surface area (Å²) in [6.45, 7) is 3.29. The minimum absolute atomic E-state index is 0.0794. The van der Waals surface area contributed by atoms with Crippen LogP contribution in [0.5, 0.6) is 0 Å². The van der Waals surface area contributed by atoms with E-state index in [1.807, 2.05) is 12.1 Å². The minimum atomic E-state index is -0.438. The van der Waals surface area contributed by atoms with Gasteiger partial charge >= 0.3 is 5.82 Å². The molecule has 4 rings (SSSR count). The summed E-state index contributed by atoms with van der Waals surface area (Å²) < 4.78 is 1.34. The Balaban J connectivity index is 1.74. The third-order valence-electron chi connectivity index (χ3n) is 5.21. The molecule has 0 amide bonds. The van der Waals surface area contributed by atoms with E-state index >= 15 is 0 Å². The summed E-state index contributed by atoms with van der Waals surface area (Å²) in [6.07, 6.45) is 6.33. The van der Waals surface area contributed by atoms with Gasteiger partial charge in [-0.15, -0.1) is 0 Å². The van der Waals surface area contributed by atoms with E-state index < -0.39 is 4.92 Å². The summed E-state index contributed by atoms with van der Waals surface area (Å²) in [5, 5.41) is 15.6. The standard InChI is InChI=1S/C15H19N5O2/c1-10-9-18(12-5-3-2-4-11(10)12)14-7-6-13-16-8-15(20(21)22)19(13)17-14/h6-8,10-12H,2-5,9H2,1H3. The number of nitrogens with zero attached hydrogens (tertiary/aromatic N) is 5. The maximum Gasteiger partial charge on any atom is 0.368 e. The van der Waals surface area contributed by atoms with Crippen molar-refractivity contribution in [3.05, 3.63) is 28.4 Å². The number of hydrogen-bond acceptors (Lipinski definition) is 5. The van der Waals surface area contributed by atoms with E-state index in [9.17, 15) is 10.1 Å². The molecule has 2 fully saturated rings. The SMILES string of the molecule is CC1CN(c2ccc3ncc([N+](=O)[O-])n3n2)C2CCCCC12. The van der Waals surface area contributed by atoms with Crippen LogP contribution in [-0.2, 0) is 0 Å². The van der Waals surface area contributed by atoms with Gasteiger partial charge in [0.25, 0.3) is 0 Å². The zero-order chi connectivity index (χ0) is 15.3. The molecule has 3 heterocycles. The molecule has 2 aromatic rings. The molecular weight excluding hydrogens is 282 g/mol. The summed E-state index contributed by atoms with van der Waals surface area (Å²) >= 11 is 0. The smallest absolute Gasteiger partial charge is 0.358 e. The summed E-state index contributed by atoms with van der Waals surface area (Å²) in [7, 11) is 0. The van der Waals surface area contributed by atoms with E-state index in [4.69, 9.17) is 0 Å². The van der Waals surface area contributed by atoms with Crippen LogP contribution in [0.3, 0.4) is 0 Å². The molecule has 22 heavy (non-hydrogen) atoms. The van der Waals surface area contributed by atoms with Gasteiger partial charge < -0.3 is 15.0 Å². The minimum Gasteiger partial charge on any atom is -0.358 e. The number of aromatic nitrogens is 3. The molecule has 3 atom stereocenters. The van der Waals surface area contributed by atoms with Crippen molar-refractivity contribution in [1.29, 1.82) is 0 Å². The first kappa shape index (κ1) is 13.5. The highest BCUT2D eigenvalue weighted by Gasteiger charge is 2.41. The molecule has 7 heteroatoms. The van der Waals surface area contributed by atoms with Gasteiger partial charge in [0.15, 0.2) is 5.82 Å². The van der Waals surface area contributed by atoms with Gasteiger partial charge in [0, 0.05) is 18.7 Å². The number of rotatable bonds is 2. The van der Waals surface area contributed by atoms with Gasteiger partial charge in [0.2, 0.25) is 5.65 Å². The molecule has 0 N–H and O–H groups in total. The fourth-order valence-electron chi connectivity index (χ4n) is 4.16. The van der Waals surface area contributed by atoms with E-state index in [1.54, 1.807) is 0 Å². The Morgan fingerprint density at radius 1 is 1.32 bits per heavy atom. The first-order valence-corrected chi connectivity index (χ1v) is 7.91. The quantitative estimate of drug-likeness (QED) is 0.629. The van der Waals surface area contributed by atoms with Gasteiger partial charge in [0.05, 0.1) is 0 Å². The third-order valence-corrected chi connectivity index (χ3v) is 5.21. The zero-order valence-corrected chi connectivity index (χ0v) is 12.6. The van der Waals surface area contributed by atoms with Gasteiger partial charge in [-0.3, -0.25) is 0 Å². The average Bonchev–Trinajstić information content (AvgIpc) is 3.09. The summed E-state index contributed by atoms with van der Waals surface area (Å²) in [5.41, 5.74) is 0.517. The first-order valence-electron chi connectivity index (χ1n) is 7.91. The molecule has 0 radical (unpaired) electrons. The lowest BCUT2D eigenvalue weighted by Gasteiger charge is -2.32. The normalized spacial score (nSPS) is 28.0. The lowest BCUT2D eigenvalue weighted by atomic mass is 9.80. The monoisotopic (exact) mass is 301 g/mol. The highest BCUT2D eigenvalue weighted by molar-refractivity contribution is 5.50. The van der Waals surface area contributed by atoms with E-state index in [-0.39, 0.29) is 5.82 Å². The molecule has 2 aromatic heterocycles. The Hall–Kier alpha value is -2.18. The van der Waals surface area contributed by atoms with Crippen molar-refractivity contribution >= 4 is 17.3 Å². The van der Waals surface area contributed by atoms with Crippen LogP contribution in [0.25, 0.3) is 5.65 Å². The highest BCUT2D eigenvalue weighted by atomic mass is 16.6. The zero-order valence-electron chi connectivity index (χ0n) is 12.6. The van der Waals surface area contributed by atoms with Gasteiger partial charge in [0.1, 0.15) is 6.20 Å². The Kier molecular flexibility index (Phi) is 3.02.